The topological polar surface area (TPSA) is 118 Å². The quantitative estimate of drug-likeness (QED) is 0.338. The summed E-state index contributed by atoms with van der Waals surface area (Å²) in [5.74, 6) is -0.649. The Balaban J connectivity index is 4.29. The first-order chi connectivity index (χ1) is 6.95. The Kier molecular flexibility index (Phi) is 7.24. The van der Waals surface area contributed by atoms with Crippen molar-refractivity contribution in [3.8, 4) is 0 Å². The van der Waals surface area contributed by atoms with Gasteiger partial charge in [0.15, 0.2) is 5.78 Å². The zero-order valence-electron chi connectivity index (χ0n) is 7.95. The van der Waals surface area contributed by atoms with Gasteiger partial charge in [0.05, 0.1) is 6.61 Å². The lowest BCUT2D eigenvalue weighted by atomic mass is 9.99. The van der Waals surface area contributed by atoms with E-state index in [0.717, 1.165) is 0 Å². The van der Waals surface area contributed by atoms with Crippen molar-refractivity contribution in [2.45, 2.75) is 30.8 Å². The summed E-state index contributed by atoms with van der Waals surface area (Å²) in [7, 11) is 0. The molecular weight excluding hydrogens is 272 g/mol. The number of alkyl halides is 1. The molecule has 4 atom stereocenters. The van der Waals surface area contributed by atoms with E-state index in [1.54, 1.807) is 0 Å². The third-order valence-electron chi connectivity index (χ3n) is 1.93. The Hall–Kier alpha value is -0.0500. The van der Waals surface area contributed by atoms with Crippen molar-refractivity contribution in [1.82, 2.24) is 0 Å². The minimum atomic E-state index is -1.81. The fourth-order valence-electron chi connectivity index (χ4n) is 0.954. The Labute approximate surface area is 95.3 Å². The summed E-state index contributed by atoms with van der Waals surface area (Å²) < 4.78 is 0. The van der Waals surface area contributed by atoms with Gasteiger partial charge in [-0.1, -0.05) is 15.9 Å². The van der Waals surface area contributed by atoms with Crippen molar-refractivity contribution in [2.75, 3.05) is 11.9 Å². The number of hydrogen-bond donors (Lipinski definition) is 5. The van der Waals surface area contributed by atoms with Gasteiger partial charge in [-0.3, -0.25) is 4.79 Å². The van der Waals surface area contributed by atoms with Gasteiger partial charge in [0.2, 0.25) is 0 Å². The maximum atomic E-state index is 11.1. The molecule has 0 aromatic carbocycles. The van der Waals surface area contributed by atoms with Crippen LogP contribution in [0.1, 0.15) is 6.42 Å². The number of carbonyl (C=O) groups is 1. The van der Waals surface area contributed by atoms with E-state index in [1.807, 2.05) is 0 Å². The molecule has 0 saturated heterocycles. The molecule has 4 unspecified atom stereocenters. The van der Waals surface area contributed by atoms with E-state index >= 15 is 0 Å². The summed E-state index contributed by atoms with van der Waals surface area (Å²) in [4.78, 5) is 11.1. The van der Waals surface area contributed by atoms with Crippen LogP contribution in [0.4, 0.5) is 0 Å². The molecule has 0 heterocycles. The predicted molar refractivity (Wildman–Crippen MR) is 54.5 cm³/mol. The molecule has 0 aliphatic rings. The molecule has 0 fully saturated rings. The Morgan fingerprint density at radius 1 is 1.13 bits per heavy atom. The van der Waals surface area contributed by atoms with Crippen LogP contribution in [0.25, 0.3) is 0 Å². The van der Waals surface area contributed by atoms with Gasteiger partial charge < -0.3 is 25.5 Å². The van der Waals surface area contributed by atoms with Crippen LogP contribution in [0.2, 0.25) is 0 Å². The van der Waals surface area contributed by atoms with Crippen LogP contribution in [-0.4, -0.2) is 67.7 Å². The third-order valence-corrected chi connectivity index (χ3v) is 2.32. The number of Topliss-reactive ketones (excluding diaryl/α,β-unsaturated/α-hetero) is 1. The van der Waals surface area contributed by atoms with Gasteiger partial charge in [-0.15, -0.1) is 0 Å². The van der Waals surface area contributed by atoms with Crippen molar-refractivity contribution in [3.05, 3.63) is 0 Å². The molecule has 0 radical (unpaired) electrons. The second-order valence-electron chi connectivity index (χ2n) is 3.08. The Morgan fingerprint density at radius 2 is 1.67 bits per heavy atom. The van der Waals surface area contributed by atoms with Crippen molar-refractivity contribution < 1.29 is 30.3 Å². The molecule has 90 valence electrons. The molecule has 0 aliphatic carbocycles. The Morgan fingerprint density at radius 3 is 2.07 bits per heavy atom. The molecule has 0 aliphatic heterocycles. The average molecular weight is 287 g/mol. The molecule has 0 aromatic heterocycles. The van der Waals surface area contributed by atoms with Crippen LogP contribution in [0.15, 0.2) is 0 Å². The first kappa shape index (κ1) is 14.9. The van der Waals surface area contributed by atoms with Crippen LogP contribution in [-0.2, 0) is 4.79 Å². The van der Waals surface area contributed by atoms with Gasteiger partial charge in [0.1, 0.15) is 24.4 Å². The Bertz CT molecular complexity index is 200. The number of ketones is 1. The summed E-state index contributed by atoms with van der Waals surface area (Å²) >= 11 is 2.98. The zero-order chi connectivity index (χ0) is 12.0. The van der Waals surface area contributed by atoms with Crippen LogP contribution in [0.5, 0.6) is 0 Å². The van der Waals surface area contributed by atoms with E-state index in [-0.39, 0.29) is 6.42 Å². The highest BCUT2D eigenvalue weighted by atomic mass is 79.9. The highest BCUT2D eigenvalue weighted by Gasteiger charge is 2.33. The summed E-state index contributed by atoms with van der Waals surface area (Å²) in [6.45, 7) is -0.766. The average Bonchev–Trinajstić information content (AvgIpc) is 2.25. The highest BCUT2D eigenvalue weighted by Crippen LogP contribution is 2.08. The smallest absolute Gasteiger partial charge is 0.164 e. The molecule has 0 spiro atoms. The monoisotopic (exact) mass is 286 g/mol. The minimum Gasteiger partial charge on any atom is -0.394 e. The molecule has 0 amide bonds. The lowest BCUT2D eigenvalue weighted by Crippen LogP contribution is -2.48. The third kappa shape index (κ3) is 4.54. The molecule has 0 aromatic rings. The van der Waals surface area contributed by atoms with E-state index in [1.165, 1.54) is 0 Å². The summed E-state index contributed by atoms with van der Waals surface area (Å²) in [6, 6.07) is 0. The number of aliphatic hydroxyl groups is 5. The van der Waals surface area contributed by atoms with E-state index in [2.05, 4.69) is 15.9 Å². The van der Waals surface area contributed by atoms with Gasteiger partial charge in [-0.25, -0.2) is 0 Å². The van der Waals surface area contributed by atoms with E-state index in [9.17, 15) is 20.1 Å². The number of aliphatic hydroxyl groups excluding tert-OH is 5. The van der Waals surface area contributed by atoms with Crippen LogP contribution in [0.3, 0.4) is 0 Å². The lowest BCUT2D eigenvalue weighted by Gasteiger charge is -2.24. The fourth-order valence-corrected chi connectivity index (χ4v) is 1.34. The summed E-state index contributed by atoms with van der Waals surface area (Å²) in [5.41, 5.74) is 0. The predicted octanol–water partition coefficient (Wildman–Crippen LogP) is -2.22. The first-order valence-electron chi connectivity index (χ1n) is 4.37. The fraction of sp³-hybridized carbons (Fsp3) is 0.875. The number of halogens is 1. The molecule has 5 N–H and O–H groups in total. The van der Waals surface area contributed by atoms with Gasteiger partial charge in [0.25, 0.3) is 0 Å². The van der Waals surface area contributed by atoms with Gasteiger partial charge in [-0.2, -0.15) is 0 Å². The SMILES string of the molecule is O=C(CCBr)C(O)C(O)C(O)C(O)CO. The molecule has 7 heteroatoms. The maximum Gasteiger partial charge on any atom is 0.164 e. The second kappa shape index (κ2) is 7.26. The van der Waals surface area contributed by atoms with Crippen molar-refractivity contribution >= 4 is 21.7 Å². The largest absolute Gasteiger partial charge is 0.394 e. The molecule has 6 nitrogen and oxygen atoms in total. The number of hydrogen-bond acceptors (Lipinski definition) is 6. The van der Waals surface area contributed by atoms with E-state index in [0.29, 0.717) is 5.33 Å². The van der Waals surface area contributed by atoms with E-state index < -0.39 is 36.8 Å². The molecular formula is C8H15BrO6. The van der Waals surface area contributed by atoms with Crippen LogP contribution < -0.4 is 0 Å². The summed E-state index contributed by atoms with van der Waals surface area (Å²) in [6.07, 6.45) is -6.92. The molecule has 0 bridgehead atoms. The number of rotatable bonds is 7. The van der Waals surface area contributed by atoms with Gasteiger partial charge in [-0.05, 0) is 0 Å². The lowest BCUT2D eigenvalue weighted by molar-refractivity contribution is -0.146. The number of carbonyl (C=O) groups excluding carboxylic acids is 1. The van der Waals surface area contributed by atoms with Gasteiger partial charge in [0, 0.05) is 11.8 Å². The van der Waals surface area contributed by atoms with Crippen LogP contribution in [0, 0.1) is 0 Å². The highest BCUT2D eigenvalue weighted by molar-refractivity contribution is 9.09. The minimum absolute atomic E-state index is 0.000166. The van der Waals surface area contributed by atoms with Gasteiger partial charge >= 0.3 is 0 Å². The summed E-state index contributed by atoms with van der Waals surface area (Å²) in [5, 5.41) is 45.5. The standard InChI is InChI=1S/C8H15BrO6/c9-2-1-4(11)6(13)8(15)7(14)5(12)3-10/h5-8,10,12-15H,1-3H2. The van der Waals surface area contributed by atoms with Crippen LogP contribution >= 0.6 is 15.9 Å². The zero-order valence-corrected chi connectivity index (χ0v) is 9.54. The normalized spacial score (nSPS) is 19.3. The van der Waals surface area contributed by atoms with Crippen molar-refractivity contribution in [1.29, 1.82) is 0 Å². The second-order valence-corrected chi connectivity index (χ2v) is 3.87. The molecule has 0 rings (SSSR count). The molecule has 0 saturated carbocycles. The van der Waals surface area contributed by atoms with Crippen molar-refractivity contribution in [2.24, 2.45) is 0 Å². The first-order valence-corrected chi connectivity index (χ1v) is 5.49. The van der Waals surface area contributed by atoms with E-state index in [4.69, 9.17) is 10.2 Å². The molecule has 15 heavy (non-hydrogen) atoms. The van der Waals surface area contributed by atoms with Crippen molar-refractivity contribution in [3.63, 3.8) is 0 Å². The maximum absolute atomic E-state index is 11.1.